The van der Waals surface area contributed by atoms with Crippen LogP contribution in [0.1, 0.15) is 34.1 Å². The van der Waals surface area contributed by atoms with Crippen LogP contribution in [-0.2, 0) is 23.9 Å². The van der Waals surface area contributed by atoms with Crippen molar-refractivity contribution >= 4 is 17.8 Å². The maximum atomic E-state index is 12.3. The fraction of sp³-hybridized carbons (Fsp3) is 0.786. The van der Waals surface area contributed by atoms with Crippen molar-refractivity contribution in [3.05, 3.63) is 0 Å². The molecule has 0 aromatic heterocycles. The van der Waals surface area contributed by atoms with Crippen molar-refractivity contribution < 1.29 is 29.0 Å². The molecule has 0 aliphatic carbocycles. The molecular weight excluding hydrogens is 278 g/mol. The standard InChI is InChI=1S/C14H25NO6/c1-5-20-12(18)14(10(3)4,13(19)21-6-2)9-11(17)15-7-8-16/h10,16H,5-9H2,1-4H3,(H,15,17). The predicted octanol–water partition coefficient (Wildman–Crippen LogP) is 0.254. The Kier molecular flexibility index (Phi) is 8.61. The van der Waals surface area contributed by atoms with Crippen molar-refractivity contribution in [3.63, 3.8) is 0 Å². The summed E-state index contributed by atoms with van der Waals surface area (Å²) in [4.78, 5) is 36.5. The molecule has 0 heterocycles. The van der Waals surface area contributed by atoms with E-state index in [1.807, 2.05) is 0 Å². The Labute approximate surface area is 125 Å². The van der Waals surface area contributed by atoms with Crippen molar-refractivity contribution in [1.82, 2.24) is 5.32 Å². The minimum Gasteiger partial charge on any atom is -0.465 e. The number of aliphatic hydroxyl groups is 1. The maximum absolute atomic E-state index is 12.3. The van der Waals surface area contributed by atoms with Gasteiger partial charge in [-0.25, -0.2) is 0 Å². The van der Waals surface area contributed by atoms with Crippen LogP contribution in [0.25, 0.3) is 0 Å². The first-order valence-corrected chi connectivity index (χ1v) is 7.08. The molecule has 21 heavy (non-hydrogen) atoms. The van der Waals surface area contributed by atoms with Gasteiger partial charge in [0.05, 0.1) is 26.2 Å². The van der Waals surface area contributed by atoms with Gasteiger partial charge < -0.3 is 19.9 Å². The monoisotopic (exact) mass is 303 g/mol. The second-order valence-corrected chi connectivity index (χ2v) is 4.82. The molecule has 0 aliphatic heterocycles. The molecule has 7 heteroatoms. The fourth-order valence-electron chi connectivity index (χ4n) is 1.93. The van der Waals surface area contributed by atoms with E-state index in [1.54, 1.807) is 27.7 Å². The van der Waals surface area contributed by atoms with Crippen LogP contribution in [-0.4, -0.2) is 49.3 Å². The first kappa shape index (κ1) is 19.4. The van der Waals surface area contributed by atoms with E-state index in [0.717, 1.165) is 0 Å². The lowest BCUT2D eigenvalue weighted by atomic mass is 9.74. The lowest BCUT2D eigenvalue weighted by Crippen LogP contribution is -2.49. The number of nitrogens with one attached hydrogen (secondary N) is 1. The second-order valence-electron chi connectivity index (χ2n) is 4.82. The number of aliphatic hydroxyl groups excluding tert-OH is 1. The van der Waals surface area contributed by atoms with Gasteiger partial charge in [-0.2, -0.15) is 0 Å². The van der Waals surface area contributed by atoms with Crippen LogP contribution in [0, 0.1) is 11.3 Å². The van der Waals surface area contributed by atoms with Gasteiger partial charge in [0.2, 0.25) is 5.91 Å². The van der Waals surface area contributed by atoms with Gasteiger partial charge >= 0.3 is 11.9 Å². The van der Waals surface area contributed by atoms with Crippen molar-refractivity contribution in [2.45, 2.75) is 34.1 Å². The minimum absolute atomic E-state index is 0.0542. The van der Waals surface area contributed by atoms with Crippen LogP contribution in [0.4, 0.5) is 0 Å². The Morgan fingerprint density at radius 3 is 1.90 bits per heavy atom. The largest absolute Gasteiger partial charge is 0.465 e. The van der Waals surface area contributed by atoms with Gasteiger partial charge in [0.1, 0.15) is 0 Å². The number of hydrogen-bond acceptors (Lipinski definition) is 6. The summed E-state index contributed by atoms with van der Waals surface area (Å²) < 4.78 is 9.94. The highest BCUT2D eigenvalue weighted by atomic mass is 16.6. The topological polar surface area (TPSA) is 102 Å². The van der Waals surface area contributed by atoms with Gasteiger partial charge in [-0.1, -0.05) is 13.8 Å². The Balaban J connectivity index is 5.42. The van der Waals surface area contributed by atoms with Crippen LogP contribution < -0.4 is 5.32 Å². The highest BCUT2D eigenvalue weighted by Gasteiger charge is 2.53. The predicted molar refractivity (Wildman–Crippen MR) is 75.2 cm³/mol. The third kappa shape index (κ3) is 5.00. The third-order valence-electron chi connectivity index (χ3n) is 3.14. The smallest absolute Gasteiger partial charge is 0.324 e. The number of ether oxygens (including phenoxy) is 2. The van der Waals surface area contributed by atoms with E-state index in [-0.39, 0.29) is 32.8 Å². The summed E-state index contributed by atoms with van der Waals surface area (Å²) in [5.74, 6) is -2.52. The number of carbonyl (C=O) groups excluding carboxylic acids is 3. The normalized spacial score (nSPS) is 11.1. The molecule has 0 rings (SSSR count). The zero-order chi connectivity index (χ0) is 16.5. The summed E-state index contributed by atoms with van der Waals surface area (Å²) in [6.45, 7) is 6.61. The zero-order valence-electron chi connectivity index (χ0n) is 13.1. The molecule has 0 spiro atoms. The lowest BCUT2D eigenvalue weighted by molar-refractivity contribution is -0.178. The maximum Gasteiger partial charge on any atom is 0.324 e. The second kappa shape index (κ2) is 9.33. The molecule has 0 bridgehead atoms. The molecule has 1 amide bonds. The number of carbonyl (C=O) groups is 3. The average molecular weight is 303 g/mol. The average Bonchev–Trinajstić information content (AvgIpc) is 2.42. The van der Waals surface area contributed by atoms with Crippen LogP contribution in [0.2, 0.25) is 0 Å². The van der Waals surface area contributed by atoms with E-state index in [1.165, 1.54) is 0 Å². The quantitative estimate of drug-likeness (QED) is 0.468. The number of amides is 1. The van der Waals surface area contributed by atoms with E-state index < -0.39 is 29.2 Å². The fourth-order valence-corrected chi connectivity index (χ4v) is 1.93. The minimum atomic E-state index is -1.68. The molecule has 0 aliphatic rings. The third-order valence-corrected chi connectivity index (χ3v) is 3.14. The molecule has 0 radical (unpaired) electrons. The highest BCUT2D eigenvalue weighted by Crippen LogP contribution is 2.35. The van der Waals surface area contributed by atoms with Crippen LogP contribution in [0.5, 0.6) is 0 Å². The molecule has 0 saturated carbocycles. The van der Waals surface area contributed by atoms with Gasteiger partial charge in [-0.15, -0.1) is 0 Å². The molecule has 0 aromatic carbocycles. The SMILES string of the molecule is CCOC(=O)C(CC(=O)NCCO)(C(=O)OCC)C(C)C. The summed E-state index contributed by atoms with van der Waals surface area (Å²) >= 11 is 0. The van der Waals surface area contributed by atoms with Crippen molar-refractivity contribution in [1.29, 1.82) is 0 Å². The van der Waals surface area contributed by atoms with E-state index >= 15 is 0 Å². The van der Waals surface area contributed by atoms with E-state index in [4.69, 9.17) is 14.6 Å². The van der Waals surface area contributed by atoms with Crippen molar-refractivity contribution in [2.75, 3.05) is 26.4 Å². The molecule has 0 aromatic rings. The number of esters is 2. The summed E-state index contributed by atoms with van der Waals surface area (Å²) in [5, 5.41) is 11.1. The molecule has 7 nitrogen and oxygen atoms in total. The van der Waals surface area contributed by atoms with Crippen molar-refractivity contribution in [2.24, 2.45) is 11.3 Å². The van der Waals surface area contributed by atoms with Crippen LogP contribution in [0.15, 0.2) is 0 Å². The van der Waals surface area contributed by atoms with Gasteiger partial charge in [0, 0.05) is 6.54 Å². The van der Waals surface area contributed by atoms with Crippen molar-refractivity contribution in [3.8, 4) is 0 Å². The molecule has 0 unspecified atom stereocenters. The van der Waals surface area contributed by atoms with Gasteiger partial charge in [-0.3, -0.25) is 14.4 Å². The molecule has 0 fully saturated rings. The first-order valence-electron chi connectivity index (χ1n) is 7.08. The summed E-state index contributed by atoms with van der Waals surface area (Å²) in [7, 11) is 0. The van der Waals surface area contributed by atoms with Gasteiger partial charge in [-0.05, 0) is 19.8 Å². The highest BCUT2D eigenvalue weighted by molar-refractivity contribution is 6.04. The molecule has 0 saturated heterocycles. The van der Waals surface area contributed by atoms with Gasteiger partial charge in [0.25, 0.3) is 0 Å². The summed E-state index contributed by atoms with van der Waals surface area (Å²) in [5.41, 5.74) is -1.68. The Hall–Kier alpha value is -1.63. The van der Waals surface area contributed by atoms with E-state index in [9.17, 15) is 14.4 Å². The molecular formula is C14H25NO6. The number of rotatable bonds is 9. The Morgan fingerprint density at radius 1 is 1.10 bits per heavy atom. The van der Waals surface area contributed by atoms with Gasteiger partial charge in [0.15, 0.2) is 5.41 Å². The van der Waals surface area contributed by atoms with E-state index in [2.05, 4.69) is 5.32 Å². The van der Waals surface area contributed by atoms with E-state index in [0.29, 0.717) is 0 Å². The molecule has 122 valence electrons. The summed E-state index contributed by atoms with van der Waals surface area (Å²) in [6, 6.07) is 0. The van der Waals surface area contributed by atoms with Crippen LogP contribution in [0.3, 0.4) is 0 Å². The molecule has 0 atom stereocenters. The lowest BCUT2D eigenvalue weighted by Gasteiger charge is -2.32. The Morgan fingerprint density at radius 2 is 1.57 bits per heavy atom. The number of hydrogen-bond donors (Lipinski definition) is 2. The Bertz CT molecular complexity index is 348. The first-order chi connectivity index (χ1) is 9.86. The van der Waals surface area contributed by atoms with Crippen LogP contribution >= 0.6 is 0 Å². The molecule has 2 N–H and O–H groups in total. The summed E-state index contributed by atoms with van der Waals surface area (Å²) in [6.07, 6.45) is -0.373. The zero-order valence-corrected chi connectivity index (χ0v) is 13.1.